The van der Waals surface area contributed by atoms with Crippen LogP contribution in [0.15, 0.2) is 27.8 Å². The van der Waals surface area contributed by atoms with Gasteiger partial charge in [0.15, 0.2) is 11.2 Å². The van der Waals surface area contributed by atoms with Crippen LogP contribution >= 0.6 is 0 Å². The molecule has 0 unspecified atom stereocenters. The van der Waals surface area contributed by atoms with Gasteiger partial charge in [0.25, 0.3) is 5.56 Å². The number of ether oxygens (including phenoxy) is 1. The van der Waals surface area contributed by atoms with Crippen molar-refractivity contribution in [3.8, 4) is 5.75 Å². The maximum atomic E-state index is 12.8. The number of aliphatic hydroxyl groups is 2. The number of hydrogen-bond acceptors (Lipinski definition) is 7. The molecule has 168 valence electrons. The van der Waals surface area contributed by atoms with E-state index in [9.17, 15) is 19.8 Å². The van der Waals surface area contributed by atoms with E-state index in [0.717, 1.165) is 15.7 Å². The summed E-state index contributed by atoms with van der Waals surface area (Å²) in [6.07, 6.45) is -1.61. The van der Waals surface area contributed by atoms with Crippen LogP contribution in [0.3, 0.4) is 0 Å². The smallest absolute Gasteiger partial charge is 0.332 e. The number of nitrogens with one attached hydrogen (secondary N) is 1. The van der Waals surface area contributed by atoms with Crippen LogP contribution in [0.1, 0.15) is 18.1 Å². The Morgan fingerprint density at radius 2 is 1.84 bits per heavy atom. The second kappa shape index (κ2) is 8.94. The summed E-state index contributed by atoms with van der Waals surface area (Å²) >= 11 is 0. The minimum absolute atomic E-state index is 0.00406. The minimum atomic E-state index is -0.951. The maximum absolute atomic E-state index is 12.8. The molecule has 0 saturated heterocycles. The molecule has 10 nitrogen and oxygen atoms in total. The Kier molecular flexibility index (Phi) is 6.51. The predicted octanol–water partition coefficient (Wildman–Crippen LogP) is 0.283. The lowest BCUT2D eigenvalue weighted by atomic mass is 10.1. The first-order valence-electron chi connectivity index (χ1n) is 10.1. The van der Waals surface area contributed by atoms with Crippen LogP contribution in [0, 0.1) is 13.8 Å². The summed E-state index contributed by atoms with van der Waals surface area (Å²) in [7, 11) is 2.92. The monoisotopic (exact) mass is 431 g/mol. The zero-order chi connectivity index (χ0) is 22.9. The second-order valence-electron chi connectivity index (χ2n) is 7.86. The summed E-state index contributed by atoms with van der Waals surface area (Å²) in [5, 5.41) is 23.2. The first-order valence-corrected chi connectivity index (χ1v) is 10.1. The third kappa shape index (κ3) is 4.64. The van der Waals surface area contributed by atoms with Crippen molar-refractivity contribution in [3.05, 3.63) is 50.2 Å². The van der Waals surface area contributed by atoms with Crippen LogP contribution in [0.4, 0.5) is 5.95 Å². The first-order chi connectivity index (χ1) is 14.6. The number of aryl methyl sites for hydroxylation is 3. The largest absolute Gasteiger partial charge is 0.491 e. The van der Waals surface area contributed by atoms with E-state index < -0.39 is 23.5 Å². The van der Waals surface area contributed by atoms with E-state index in [1.54, 1.807) is 6.92 Å². The number of rotatable bonds is 8. The van der Waals surface area contributed by atoms with Crippen LogP contribution in [-0.2, 0) is 20.6 Å². The fraction of sp³-hybridized carbons (Fsp3) is 0.476. The molecule has 2 aromatic heterocycles. The number of hydrogen-bond donors (Lipinski definition) is 3. The molecule has 2 heterocycles. The van der Waals surface area contributed by atoms with E-state index in [0.29, 0.717) is 5.75 Å². The van der Waals surface area contributed by atoms with Gasteiger partial charge in [0, 0.05) is 20.6 Å². The molecule has 2 atom stereocenters. The average Bonchev–Trinajstić information content (AvgIpc) is 3.08. The molecule has 0 saturated carbocycles. The first kappa shape index (κ1) is 22.6. The van der Waals surface area contributed by atoms with Gasteiger partial charge < -0.3 is 24.8 Å². The Hall–Kier alpha value is -3.11. The van der Waals surface area contributed by atoms with Crippen LogP contribution in [0.25, 0.3) is 11.2 Å². The second-order valence-corrected chi connectivity index (χ2v) is 7.86. The molecule has 0 aliphatic rings. The quantitative estimate of drug-likeness (QED) is 0.468. The molecule has 3 aromatic rings. The molecular weight excluding hydrogens is 402 g/mol. The van der Waals surface area contributed by atoms with Gasteiger partial charge in [-0.3, -0.25) is 13.9 Å². The van der Waals surface area contributed by atoms with Gasteiger partial charge in [0.05, 0.1) is 12.6 Å². The molecule has 0 aliphatic carbocycles. The van der Waals surface area contributed by atoms with Crippen LogP contribution < -0.4 is 21.3 Å². The fourth-order valence-corrected chi connectivity index (χ4v) is 3.26. The Morgan fingerprint density at radius 3 is 2.48 bits per heavy atom. The summed E-state index contributed by atoms with van der Waals surface area (Å²) < 4.78 is 9.51. The third-order valence-corrected chi connectivity index (χ3v) is 5.22. The number of aromatic nitrogens is 4. The highest BCUT2D eigenvalue weighted by Crippen LogP contribution is 2.19. The lowest BCUT2D eigenvalue weighted by Crippen LogP contribution is -2.38. The SMILES string of the molecule is Cc1ccc(OC[C@@H](O)Cn2c(NC[C@H](C)O)nc3c2c(=O)n(C)c(=O)n3C)cc1C. The number of fused-ring (bicyclic) bond motifs is 1. The van der Waals surface area contributed by atoms with Crippen molar-refractivity contribution < 1.29 is 14.9 Å². The zero-order valence-corrected chi connectivity index (χ0v) is 18.4. The zero-order valence-electron chi connectivity index (χ0n) is 18.4. The number of aliphatic hydroxyl groups excluding tert-OH is 2. The minimum Gasteiger partial charge on any atom is -0.491 e. The van der Waals surface area contributed by atoms with E-state index >= 15 is 0 Å². The van der Waals surface area contributed by atoms with Crippen molar-refractivity contribution in [2.75, 3.05) is 18.5 Å². The van der Waals surface area contributed by atoms with Crippen LogP contribution in [0.5, 0.6) is 5.75 Å². The van der Waals surface area contributed by atoms with Crippen LogP contribution in [-0.4, -0.2) is 54.3 Å². The summed E-state index contributed by atoms with van der Waals surface area (Å²) in [6.45, 7) is 5.80. The highest BCUT2D eigenvalue weighted by atomic mass is 16.5. The van der Waals surface area contributed by atoms with E-state index in [1.807, 2.05) is 32.0 Å². The normalized spacial score (nSPS) is 13.4. The third-order valence-electron chi connectivity index (χ3n) is 5.22. The lowest BCUT2D eigenvalue weighted by Gasteiger charge is -2.17. The number of nitrogens with zero attached hydrogens (tertiary/aromatic N) is 4. The maximum Gasteiger partial charge on any atom is 0.332 e. The molecule has 0 amide bonds. The molecule has 10 heteroatoms. The van der Waals surface area contributed by atoms with Gasteiger partial charge in [-0.05, 0) is 44.0 Å². The standard InChI is InChI=1S/C21H29N5O5/c1-12-6-7-16(8-13(12)2)31-11-15(28)10-26-17-18(23-20(26)22-9-14(3)27)24(4)21(30)25(5)19(17)29/h6-8,14-15,27-28H,9-11H2,1-5H3,(H,22,23)/t14-,15-/m0/s1. The number of imidazole rings is 1. The lowest BCUT2D eigenvalue weighted by molar-refractivity contribution is 0.0937. The van der Waals surface area contributed by atoms with E-state index in [1.165, 1.54) is 23.2 Å². The fourth-order valence-electron chi connectivity index (χ4n) is 3.26. The van der Waals surface area contributed by atoms with Gasteiger partial charge in [0.1, 0.15) is 18.5 Å². The van der Waals surface area contributed by atoms with E-state index in [4.69, 9.17) is 4.74 Å². The number of benzene rings is 1. The topological polar surface area (TPSA) is 124 Å². The van der Waals surface area contributed by atoms with Crippen molar-refractivity contribution in [1.82, 2.24) is 18.7 Å². The van der Waals surface area contributed by atoms with Gasteiger partial charge in [0.2, 0.25) is 5.95 Å². The Bertz CT molecular complexity index is 1210. The van der Waals surface area contributed by atoms with Gasteiger partial charge in [-0.1, -0.05) is 6.07 Å². The van der Waals surface area contributed by atoms with Crippen molar-refractivity contribution in [2.24, 2.45) is 14.1 Å². The van der Waals surface area contributed by atoms with Gasteiger partial charge in [-0.15, -0.1) is 0 Å². The summed E-state index contributed by atoms with van der Waals surface area (Å²) in [5.74, 6) is 0.919. The van der Waals surface area contributed by atoms with Crippen molar-refractivity contribution in [3.63, 3.8) is 0 Å². The predicted molar refractivity (Wildman–Crippen MR) is 118 cm³/mol. The highest BCUT2D eigenvalue weighted by Gasteiger charge is 2.21. The number of anilines is 1. The van der Waals surface area contributed by atoms with E-state index in [2.05, 4.69) is 10.3 Å². The van der Waals surface area contributed by atoms with Gasteiger partial charge in [-0.25, -0.2) is 4.79 Å². The molecule has 0 spiro atoms. The van der Waals surface area contributed by atoms with Crippen molar-refractivity contribution in [1.29, 1.82) is 0 Å². The summed E-state index contributed by atoms with van der Waals surface area (Å²) in [6, 6.07) is 5.68. The molecule has 0 aliphatic heterocycles. The Morgan fingerprint density at radius 1 is 1.13 bits per heavy atom. The molecule has 0 bridgehead atoms. The van der Waals surface area contributed by atoms with Crippen molar-refractivity contribution >= 4 is 17.1 Å². The summed E-state index contributed by atoms with van der Waals surface area (Å²) in [4.78, 5) is 29.5. The summed E-state index contributed by atoms with van der Waals surface area (Å²) in [5.41, 5.74) is 1.60. The molecule has 0 fully saturated rings. The molecule has 0 radical (unpaired) electrons. The molecule has 3 rings (SSSR count). The molecule has 31 heavy (non-hydrogen) atoms. The van der Waals surface area contributed by atoms with E-state index in [-0.39, 0.29) is 36.8 Å². The average molecular weight is 431 g/mol. The molecule has 1 aromatic carbocycles. The van der Waals surface area contributed by atoms with Gasteiger partial charge in [-0.2, -0.15) is 4.98 Å². The highest BCUT2D eigenvalue weighted by molar-refractivity contribution is 5.74. The molecule has 3 N–H and O–H groups in total. The van der Waals surface area contributed by atoms with Crippen LogP contribution in [0.2, 0.25) is 0 Å². The Labute approximate surface area is 179 Å². The van der Waals surface area contributed by atoms with Crippen molar-refractivity contribution in [2.45, 2.75) is 39.5 Å². The molecular formula is C21H29N5O5. The van der Waals surface area contributed by atoms with Gasteiger partial charge >= 0.3 is 5.69 Å². The Balaban J connectivity index is 1.92.